The molecular weight excluding hydrogens is 322 g/mol. The Balaban J connectivity index is 1.46. The van der Waals surface area contributed by atoms with Crippen LogP contribution in [0.2, 0.25) is 0 Å². The lowest BCUT2D eigenvalue weighted by Crippen LogP contribution is -2.29. The fourth-order valence-electron chi connectivity index (χ4n) is 2.71. The molecule has 2 N–H and O–H groups in total. The molecule has 0 saturated carbocycles. The molecule has 5 nitrogen and oxygen atoms in total. The molecule has 126 valence electrons. The van der Waals surface area contributed by atoms with Crippen molar-refractivity contribution >= 4 is 29.0 Å². The molecule has 2 aromatic rings. The van der Waals surface area contributed by atoms with Crippen molar-refractivity contribution in [2.75, 3.05) is 18.4 Å². The van der Waals surface area contributed by atoms with Gasteiger partial charge in [-0.15, -0.1) is 11.3 Å². The second kappa shape index (κ2) is 7.97. The number of likely N-dealkylation sites (tertiary alicyclic amines) is 1. The third-order valence-corrected chi connectivity index (χ3v) is 4.91. The van der Waals surface area contributed by atoms with Crippen LogP contribution in [0, 0.1) is 0 Å². The summed E-state index contributed by atoms with van der Waals surface area (Å²) < 4.78 is 0. The molecule has 1 aromatic heterocycles. The number of nitrogens with one attached hydrogen (secondary N) is 2. The van der Waals surface area contributed by atoms with Crippen LogP contribution in [0.5, 0.6) is 0 Å². The minimum absolute atomic E-state index is 0.182. The standard InChI is InChI=1S/C18H21N3O2S/c22-17(21-9-1-2-10-21)12-14-5-7-15(8-6-14)20-18(23)19-13-16-4-3-11-24-16/h3-8,11H,1-2,9-10,12-13H2,(H2,19,20,23). The van der Waals surface area contributed by atoms with Gasteiger partial charge in [-0.25, -0.2) is 4.79 Å². The lowest BCUT2D eigenvalue weighted by Gasteiger charge is -2.15. The fourth-order valence-corrected chi connectivity index (χ4v) is 3.36. The molecule has 1 saturated heterocycles. The SMILES string of the molecule is O=C(NCc1cccs1)Nc1ccc(CC(=O)N2CCCC2)cc1. The molecule has 1 fully saturated rings. The minimum Gasteiger partial charge on any atom is -0.342 e. The van der Waals surface area contributed by atoms with Gasteiger partial charge in [0, 0.05) is 23.7 Å². The number of hydrogen-bond acceptors (Lipinski definition) is 3. The Labute approximate surface area is 145 Å². The number of benzene rings is 1. The van der Waals surface area contributed by atoms with Gasteiger partial charge in [-0.3, -0.25) is 4.79 Å². The maximum absolute atomic E-state index is 12.1. The Hall–Kier alpha value is -2.34. The predicted octanol–water partition coefficient (Wildman–Crippen LogP) is 3.23. The van der Waals surface area contributed by atoms with Gasteiger partial charge >= 0.3 is 6.03 Å². The summed E-state index contributed by atoms with van der Waals surface area (Å²) in [6, 6.07) is 11.2. The van der Waals surface area contributed by atoms with Crippen molar-refractivity contribution in [1.29, 1.82) is 0 Å². The fraction of sp³-hybridized carbons (Fsp3) is 0.333. The molecule has 0 bridgehead atoms. The number of thiophene rings is 1. The van der Waals surface area contributed by atoms with Gasteiger partial charge < -0.3 is 15.5 Å². The number of amides is 3. The van der Waals surface area contributed by atoms with E-state index in [0.717, 1.165) is 42.1 Å². The molecule has 6 heteroatoms. The van der Waals surface area contributed by atoms with Crippen LogP contribution in [0.3, 0.4) is 0 Å². The van der Waals surface area contributed by atoms with Gasteiger partial charge in [-0.2, -0.15) is 0 Å². The number of urea groups is 1. The van der Waals surface area contributed by atoms with Crippen molar-refractivity contribution in [2.24, 2.45) is 0 Å². The van der Waals surface area contributed by atoms with E-state index in [1.807, 2.05) is 46.7 Å². The Kier molecular flexibility index (Phi) is 5.48. The van der Waals surface area contributed by atoms with E-state index in [9.17, 15) is 9.59 Å². The van der Waals surface area contributed by atoms with Crippen LogP contribution in [0.25, 0.3) is 0 Å². The molecule has 0 unspecified atom stereocenters. The van der Waals surface area contributed by atoms with E-state index in [1.165, 1.54) is 0 Å². The van der Waals surface area contributed by atoms with Crippen LogP contribution in [-0.4, -0.2) is 29.9 Å². The van der Waals surface area contributed by atoms with Gasteiger partial charge in [0.25, 0.3) is 0 Å². The molecule has 1 aliphatic rings. The van der Waals surface area contributed by atoms with Gasteiger partial charge in [0.15, 0.2) is 0 Å². The number of rotatable bonds is 5. The predicted molar refractivity (Wildman–Crippen MR) is 96.1 cm³/mol. The zero-order valence-corrected chi connectivity index (χ0v) is 14.3. The van der Waals surface area contributed by atoms with E-state index in [0.29, 0.717) is 13.0 Å². The maximum Gasteiger partial charge on any atom is 0.319 e. The average Bonchev–Trinajstić information content (AvgIpc) is 3.28. The average molecular weight is 343 g/mol. The summed E-state index contributed by atoms with van der Waals surface area (Å²) in [5, 5.41) is 7.60. The highest BCUT2D eigenvalue weighted by Gasteiger charge is 2.17. The van der Waals surface area contributed by atoms with Gasteiger partial charge in [0.05, 0.1) is 13.0 Å². The summed E-state index contributed by atoms with van der Waals surface area (Å²) in [5.41, 5.74) is 1.69. The zero-order valence-electron chi connectivity index (χ0n) is 13.5. The first-order valence-corrected chi connectivity index (χ1v) is 9.02. The first-order chi connectivity index (χ1) is 11.7. The monoisotopic (exact) mass is 343 g/mol. The topological polar surface area (TPSA) is 61.4 Å². The van der Waals surface area contributed by atoms with Gasteiger partial charge in [0.1, 0.15) is 0 Å². The highest BCUT2D eigenvalue weighted by atomic mass is 32.1. The van der Waals surface area contributed by atoms with Crippen molar-refractivity contribution in [3.8, 4) is 0 Å². The van der Waals surface area contributed by atoms with E-state index in [-0.39, 0.29) is 11.9 Å². The summed E-state index contributed by atoms with van der Waals surface area (Å²) in [6.07, 6.45) is 2.63. The van der Waals surface area contributed by atoms with Crippen LogP contribution < -0.4 is 10.6 Å². The Morgan fingerprint density at radius 3 is 2.50 bits per heavy atom. The van der Waals surface area contributed by atoms with Crippen LogP contribution in [0.1, 0.15) is 23.3 Å². The number of carbonyl (C=O) groups excluding carboxylic acids is 2. The van der Waals surface area contributed by atoms with Crippen molar-refractivity contribution in [3.05, 3.63) is 52.2 Å². The molecule has 0 atom stereocenters. The number of hydrogen-bond donors (Lipinski definition) is 2. The van der Waals surface area contributed by atoms with E-state index in [1.54, 1.807) is 11.3 Å². The first-order valence-electron chi connectivity index (χ1n) is 8.15. The van der Waals surface area contributed by atoms with E-state index in [2.05, 4.69) is 10.6 Å². The molecule has 3 amide bonds. The van der Waals surface area contributed by atoms with Crippen LogP contribution in [-0.2, 0) is 17.8 Å². The molecule has 3 rings (SSSR count). The zero-order chi connectivity index (χ0) is 16.8. The van der Waals surface area contributed by atoms with E-state index < -0.39 is 0 Å². The van der Waals surface area contributed by atoms with Crippen molar-refractivity contribution in [2.45, 2.75) is 25.8 Å². The first kappa shape index (κ1) is 16.5. The molecule has 24 heavy (non-hydrogen) atoms. The summed E-state index contributed by atoms with van der Waals surface area (Å²) in [7, 11) is 0. The van der Waals surface area contributed by atoms with Crippen molar-refractivity contribution < 1.29 is 9.59 Å². The molecule has 1 aromatic carbocycles. The van der Waals surface area contributed by atoms with Gasteiger partial charge in [-0.05, 0) is 42.0 Å². The smallest absolute Gasteiger partial charge is 0.319 e. The van der Waals surface area contributed by atoms with Crippen LogP contribution in [0.4, 0.5) is 10.5 Å². The van der Waals surface area contributed by atoms with Gasteiger partial charge in [0.2, 0.25) is 5.91 Å². The highest BCUT2D eigenvalue weighted by Crippen LogP contribution is 2.14. The summed E-state index contributed by atoms with van der Waals surface area (Å²) in [4.78, 5) is 27.0. The van der Waals surface area contributed by atoms with Crippen molar-refractivity contribution in [3.63, 3.8) is 0 Å². The Morgan fingerprint density at radius 1 is 1.08 bits per heavy atom. The lowest BCUT2D eigenvalue weighted by molar-refractivity contribution is -0.129. The van der Waals surface area contributed by atoms with Crippen LogP contribution in [0.15, 0.2) is 41.8 Å². The summed E-state index contributed by atoms with van der Waals surface area (Å²) in [5.74, 6) is 0.182. The Bertz CT molecular complexity index is 677. The normalized spacial score (nSPS) is 13.8. The second-order valence-corrected chi connectivity index (χ2v) is 6.88. The molecule has 2 heterocycles. The van der Waals surface area contributed by atoms with Gasteiger partial charge in [-0.1, -0.05) is 18.2 Å². The number of nitrogens with zero attached hydrogens (tertiary/aromatic N) is 1. The maximum atomic E-state index is 12.1. The van der Waals surface area contributed by atoms with E-state index in [4.69, 9.17) is 0 Å². The number of carbonyl (C=O) groups is 2. The highest BCUT2D eigenvalue weighted by molar-refractivity contribution is 7.09. The summed E-state index contributed by atoms with van der Waals surface area (Å²) in [6.45, 7) is 2.28. The summed E-state index contributed by atoms with van der Waals surface area (Å²) >= 11 is 1.61. The Morgan fingerprint density at radius 2 is 1.83 bits per heavy atom. The lowest BCUT2D eigenvalue weighted by atomic mass is 10.1. The molecule has 1 aliphatic heterocycles. The van der Waals surface area contributed by atoms with Crippen LogP contribution >= 0.6 is 11.3 Å². The second-order valence-electron chi connectivity index (χ2n) is 5.85. The number of anilines is 1. The molecule has 0 aliphatic carbocycles. The minimum atomic E-state index is -0.232. The molecular formula is C18H21N3O2S. The largest absolute Gasteiger partial charge is 0.342 e. The van der Waals surface area contributed by atoms with E-state index >= 15 is 0 Å². The molecule has 0 radical (unpaired) electrons. The van der Waals surface area contributed by atoms with Crippen molar-refractivity contribution in [1.82, 2.24) is 10.2 Å². The molecule has 0 spiro atoms. The quantitative estimate of drug-likeness (QED) is 0.875. The third kappa shape index (κ3) is 4.58. The third-order valence-electron chi connectivity index (χ3n) is 4.03.